The maximum absolute atomic E-state index is 5.91. The second-order valence-electron chi connectivity index (χ2n) is 3.89. The Kier molecular flexibility index (Phi) is 3.48. The second kappa shape index (κ2) is 5.06. The molecule has 0 atom stereocenters. The summed E-state index contributed by atoms with van der Waals surface area (Å²) in [6.07, 6.45) is 1.72. The molecular weight excluding hydrogens is 248 g/mol. The highest BCUT2D eigenvalue weighted by atomic mass is 35.5. The molecule has 3 aromatic rings. The maximum atomic E-state index is 5.91. The van der Waals surface area contributed by atoms with E-state index in [4.69, 9.17) is 5.73 Å². The molecule has 0 amide bonds. The van der Waals surface area contributed by atoms with Crippen molar-refractivity contribution < 1.29 is 0 Å². The SMILES string of the molecule is Cl.Nc1nc2ncccc2n1Cc1ccccc1. The van der Waals surface area contributed by atoms with Gasteiger partial charge in [0.25, 0.3) is 0 Å². The molecule has 4 nitrogen and oxygen atoms in total. The van der Waals surface area contributed by atoms with Gasteiger partial charge in [0.15, 0.2) is 5.65 Å². The highest BCUT2D eigenvalue weighted by Gasteiger charge is 2.08. The fourth-order valence-electron chi connectivity index (χ4n) is 1.91. The number of halogens is 1. The van der Waals surface area contributed by atoms with Gasteiger partial charge in [-0.1, -0.05) is 30.3 Å². The third-order valence-corrected chi connectivity index (χ3v) is 2.74. The van der Waals surface area contributed by atoms with Crippen LogP contribution >= 0.6 is 12.4 Å². The van der Waals surface area contributed by atoms with E-state index in [1.54, 1.807) is 6.20 Å². The first kappa shape index (κ1) is 12.4. The Labute approximate surface area is 111 Å². The number of pyridine rings is 1. The number of hydrogen-bond acceptors (Lipinski definition) is 3. The second-order valence-corrected chi connectivity index (χ2v) is 3.89. The Morgan fingerprint density at radius 2 is 1.83 bits per heavy atom. The van der Waals surface area contributed by atoms with Gasteiger partial charge in [0, 0.05) is 6.20 Å². The number of anilines is 1. The smallest absolute Gasteiger partial charge is 0.203 e. The van der Waals surface area contributed by atoms with Crippen LogP contribution in [0.4, 0.5) is 5.95 Å². The van der Waals surface area contributed by atoms with Gasteiger partial charge in [0.2, 0.25) is 5.95 Å². The van der Waals surface area contributed by atoms with Gasteiger partial charge >= 0.3 is 0 Å². The summed E-state index contributed by atoms with van der Waals surface area (Å²) in [6.45, 7) is 0.717. The van der Waals surface area contributed by atoms with Crippen LogP contribution in [-0.4, -0.2) is 14.5 Å². The minimum absolute atomic E-state index is 0. The van der Waals surface area contributed by atoms with Crippen LogP contribution in [0.2, 0.25) is 0 Å². The van der Waals surface area contributed by atoms with Crippen LogP contribution in [0.5, 0.6) is 0 Å². The molecule has 0 radical (unpaired) electrons. The lowest BCUT2D eigenvalue weighted by Crippen LogP contribution is -2.04. The number of imidazole rings is 1. The van der Waals surface area contributed by atoms with Crippen LogP contribution in [0.15, 0.2) is 48.7 Å². The quantitative estimate of drug-likeness (QED) is 0.770. The molecule has 0 aliphatic heterocycles. The number of benzene rings is 1. The van der Waals surface area contributed by atoms with E-state index in [2.05, 4.69) is 22.1 Å². The molecule has 0 unspecified atom stereocenters. The summed E-state index contributed by atoms with van der Waals surface area (Å²) in [5.74, 6) is 0.502. The number of hydrogen-bond donors (Lipinski definition) is 1. The molecule has 0 aliphatic carbocycles. The van der Waals surface area contributed by atoms with E-state index in [0.29, 0.717) is 11.6 Å². The van der Waals surface area contributed by atoms with Gasteiger partial charge in [-0.05, 0) is 17.7 Å². The zero-order valence-corrected chi connectivity index (χ0v) is 10.5. The van der Waals surface area contributed by atoms with Crippen molar-refractivity contribution in [1.29, 1.82) is 0 Å². The van der Waals surface area contributed by atoms with Crippen molar-refractivity contribution in [3.63, 3.8) is 0 Å². The van der Waals surface area contributed by atoms with E-state index >= 15 is 0 Å². The molecule has 18 heavy (non-hydrogen) atoms. The van der Waals surface area contributed by atoms with Gasteiger partial charge in [0.1, 0.15) is 0 Å². The fourth-order valence-corrected chi connectivity index (χ4v) is 1.91. The first-order valence-corrected chi connectivity index (χ1v) is 5.45. The first-order valence-electron chi connectivity index (χ1n) is 5.45. The van der Waals surface area contributed by atoms with Crippen molar-refractivity contribution >= 4 is 29.5 Å². The number of rotatable bonds is 2. The zero-order valence-electron chi connectivity index (χ0n) is 9.65. The standard InChI is InChI=1S/C13H12N4.ClH/c14-13-16-12-11(7-4-8-15-12)17(13)9-10-5-2-1-3-6-10;/h1-8H,9H2,(H2,14,15,16);1H. The van der Waals surface area contributed by atoms with Crippen molar-refractivity contribution in [2.75, 3.05) is 5.73 Å². The van der Waals surface area contributed by atoms with Crippen molar-refractivity contribution in [2.45, 2.75) is 6.54 Å². The molecule has 3 rings (SSSR count). The molecule has 0 spiro atoms. The van der Waals surface area contributed by atoms with E-state index in [1.165, 1.54) is 5.56 Å². The van der Waals surface area contributed by atoms with Crippen molar-refractivity contribution in [1.82, 2.24) is 14.5 Å². The van der Waals surface area contributed by atoms with Crippen LogP contribution in [0.25, 0.3) is 11.2 Å². The van der Waals surface area contributed by atoms with E-state index in [-0.39, 0.29) is 12.4 Å². The largest absolute Gasteiger partial charge is 0.369 e. The minimum atomic E-state index is 0. The molecule has 0 aliphatic rings. The summed E-state index contributed by atoms with van der Waals surface area (Å²) in [5, 5.41) is 0. The molecule has 1 aromatic carbocycles. The zero-order chi connectivity index (χ0) is 11.7. The lowest BCUT2D eigenvalue weighted by atomic mass is 10.2. The molecule has 2 aromatic heterocycles. The average Bonchev–Trinajstić information content (AvgIpc) is 2.68. The number of nitrogen functional groups attached to an aromatic ring is 1. The highest BCUT2D eigenvalue weighted by Crippen LogP contribution is 2.17. The normalized spacial score (nSPS) is 10.2. The summed E-state index contributed by atoms with van der Waals surface area (Å²) in [4.78, 5) is 8.43. The van der Waals surface area contributed by atoms with Crippen LogP contribution < -0.4 is 5.73 Å². The summed E-state index contributed by atoms with van der Waals surface area (Å²) in [6, 6.07) is 14.1. The number of nitrogens with two attached hydrogens (primary N) is 1. The van der Waals surface area contributed by atoms with Gasteiger partial charge in [-0.15, -0.1) is 12.4 Å². The molecule has 0 bridgehead atoms. The van der Waals surface area contributed by atoms with Crippen LogP contribution in [0.1, 0.15) is 5.56 Å². The lowest BCUT2D eigenvalue weighted by Gasteiger charge is -2.05. The molecule has 2 N–H and O–H groups in total. The number of nitrogens with zero attached hydrogens (tertiary/aromatic N) is 3. The van der Waals surface area contributed by atoms with E-state index in [9.17, 15) is 0 Å². The van der Waals surface area contributed by atoms with Crippen molar-refractivity contribution in [2.24, 2.45) is 0 Å². The molecule has 5 heteroatoms. The predicted octanol–water partition coefficient (Wildman–Crippen LogP) is 2.48. The van der Waals surface area contributed by atoms with Gasteiger partial charge in [-0.2, -0.15) is 4.98 Å². The summed E-state index contributed by atoms with van der Waals surface area (Å²) in [7, 11) is 0. The molecule has 92 valence electrons. The summed E-state index contributed by atoms with van der Waals surface area (Å²) < 4.78 is 1.97. The third kappa shape index (κ3) is 2.15. The Balaban J connectivity index is 0.00000120. The molecule has 0 saturated heterocycles. The summed E-state index contributed by atoms with van der Waals surface area (Å²) in [5.41, 5.74) is 8.77. The Morgan fingerprint density at radius 3 is 2.61 bits per heavy atom. The molecule has 0 saturated carbocycles. The van der Waals surface area contributed by atoms with Gasteiger partial charge in [-0.25, -0.2) is 4.98 Å². The van der Waals surface area contributed by atoms with Crippen LogP contribution in [0, 0.1) is 0 Å². The Hall–Kier alpha value is -2.07. The average molecular weight is 261 g/mol. The third-order valence-electron chi connectivity index (χ3n) is 2.74. The van der Waals surface area contributed by atoms with E-state index < -0.39 is 0 Å². The van der Waals surface area contributed by atoms with Gasteiger partial charge in [0.05, 0.1) is 12.1 Å². The summed E-state index contributed by atoms with van der Waals surface area (Å²) >= 11 is 0. The minimum Gasteiger partial charge on any atom is -0.369 e. The monoisotopic (exact) mass is 260 g/mol. The topological polar surface area (TPSA) is 56.7 Å². The van der Waals surface area contributed by atoms with Crippen molar-refractivity contribution in [3.8, 4) is 0 Å². The maximum Gasteiger partial charge on any atom is 0.203 e. The fraction of sp³-hybridized carbons (Fsp3) is 0.0769. The van der Waals surface area contributed by atoms with Gasteiger partial charge < -0.3 is 10.3 Å². The van der Waals surface area contributed by atoms with E-state index in [1.807, 2.05) is 34.9 Å². The number of aromatic nitrogens is 3. The molecule has 0 fully saturated rings. The Morgan fingerprint density at radius 1 is 1.06 bits per heavy atom. The highest BCUT2D eigenvalue weighted by molar-refractivity contribution is 5.85. The number of fused-ring (bicyclic) bond motifs is 1. The lowest BCUT2D eigenvalue weighted by molar-refractivity contribution is 0.838. The van der Waals surface area contributed by atoms with E-state index in [0.717, 1.165) is 12.1 Å². The first-order chi connectivity index (χ1) is 8.34. The van der Waals surface area contributed by atoms with Crippen molar-refractivity contribution in [3.05, 3.63) is 54.2 Å². The van der Waals surface area contributed by atoms with Crippen LogP contribution in [0.3, 0.4) is 0 Å². The predicted molar refractivity (Wildman–Crippen MR) is 74.7 cm³/mol. The van der Waals surface area contributed by atoms with Gasteiger partial charge in [-0.3, -0.25) is 0 Å². The van der Waals surface area contributed by atoms with Crippen LogP contribution in [-0.2, 0) is 6.54 Å². The Bertz CT molecular complexity index is 648. The molecular formula is C13H13ClN4. The molecule has 2 heterocycles.